The van der Waals surface area contributed by atoms with Gasteiger partial charge in [-0.05, 0) is 31.5 Å². The molecule has 0 spiro atoms. The summed E-state index contributed by atoms with van der Waals surface area (Å²) in [5.41, 5.74) is 3.24. The second-order valence-corrected chi connectivity index (χ2v) is 5.64. The fraction of sp³-hybridized carbons (Fsp3) is 0.250. The highest BCUT2D eigenvalue weighted by atomic mass is 79.9. The molecule has 0 fully saturated rings. The first-order chi connectivity index (χ1) is 7.61. The molecule has 2 rings (SSSR count). The van der Waals surface area contributed by atoms with Crippen molar-refractivity contribution in [1.82, 2.24) is 4.98 Å². The summed E-state index contributed by atoms with van der Waals surface area (Å²) in [6.45, 7) is 4.06. The molecule has 0 bridgehead atoms. The van der Waals surface area contributed by atoms with Gasteiger partial charge in [0.1, 0.15) is 5.01 Å². The molecule has 0 aliphatic carbocycles. The van der Waals surface area contributed by atoms with Gasteiger partial charge in [0, 0.05) is 10.0 Å². The molecular weight excluding hydrogens is 286 g/mol. The lowest BCUT2D eigenvalue weighted by molar-refractivity contribution is 0.284. The number of aliphatic hydroxyl groups excluding tert-OH is 1. The van der Waals surface area contributed by atoms with Crippen molar-refractivity contribution in [1.29, 1.82) is 0 Å². The van der Waals surface area contributed by atoms with Crippen LogP contribution < -0.4 is 0 Å². The molecule has 2 nitrogen and oxygen atoms in total. The average molecular weight is 298 g/mol. The number of nitrogens with zero attached hydrogens (tertiary/aromatic N) is 1. The van der Waals surface area contributed by atoms with Gasteiger partial charge in [0.25, 0.3) is 0 Å². The van der Waals surface area contributed by atoms with Gasteiger partial charge in [-0.25, -0.2) is 4.98 Å². The molecule has 1 aromatic carbocycles. The quantitative estimate of drug-likeness (QED) is 0.917. The van der Waals surface area contributed by atoms with Crippen molar-refractivity contribution in [2.45, 2.75) is 20.5 Å². The molecule has 0 radical (unpaired) electrons. The third kappa shape index (κ3) is 2.19. The number of hydrogen-bond donors (Lipinski definition) is 1. The minimum Gasteiger partial charge on any atom is -0.391 e. The van der Waals surface area contributed by atoms with Crippen LogP contribution in [-0.2, 0) is 6.61 Å². The largest absolute Gasteiger partial charge is 0.391 e. The molecular formula is C12H12BrNOS. The molecule has 16 heavy (non-hydrogen) atoms. The summed E-state index contributed by atoms with van der Waals surface area (Å²) >= 11 is 5.02. The van der Waals surface area contributed by atoms with Crippen molar-refractivity contribution < 1.29 is 5.11 Å². The van der Waals surface area contributed by atoms with Gasteiger partial charge in [-0.15, -0.1) is 11.3 Å². The summed E-state index contributed by atoms with van der Waals surface area (Å²) in [7, 11) is 0. The van der Waals surface area contributed by atoms with Crippen LogP contribution in [0.4, 0.5) is 0 Å². The third-order valence-corrected chi connectivity index (χ3v) is 4.14. The van der Waals surface area contributed by atoms with Crippen molar-refractivity contribution in [2.75, 3.05) is 0 Å². The molecule has 0 amide bonds. The fourth-order valence-electron chi connectivity index (χ4n) is 1.51. The maximum absolute atomic E-state index is 9.16. The van der Waals surface area contributed by atoms with E-state index < -0.39 is 0 Å². The van der Waals surface area contributed by atoms with E-state index in [-0.39, 0.29) is 6.61 Å². The third-order valence-electron chi connectivity index (χ3n) is 2.47. The van der Waals surface area contributed by atoms with Crippen LogP contribution in [0.5, 0.6) is 0 Å². The van der Waals surface area contributed by atoms with Crippen molar-refractivity contribution in [3.8, 4) is 10.6 Å². The zero-order valence-corrected chi connectivity index (χ0v) is 11.5. The summed E-state index contributed by atoms with van der Waals surface area (Å²) < 4.78 is 1.05. The smallest absolute Gasteiger partial charge is 0.124 e. The Morgan fingerprint density at radius 2 is 2.12 bits per heavy atom. The van der Waals surface area contributed by atoms with Gasteiger partial charge in [0.15, 0.2) is 0 Å². The van der Waals surface area contributed by atoms with Crippen LogP contribution >= 0.6 is 27.3 Å². The molecule has 0 unspecified atom stereocenters. The Morgan fingerprint density at radius 1 is 1.38 bits per heavy atom. The first kappa shape index (κ1) is 11.8. The highest BCUT2D eigenvalue weighted by Gasteiger charge is 2.10. The van der Waals surface area contributed by atoms with Crippen LogP contribution in [0.2, 0.25) is 0 Å². The Balaban J connectivity index is 2.53. The highest BCUT2D eigenvalue weighted by Crippen LogP contribution is 2.31. The molecule has 1 aromatic heterocycles. The highest BCUT2D eigenvalue weighted by molar-refractivity contribution is 9.10. The molecule has 0 saturated carbocycles. The van der Waals surface area contributed by atoms with Crippen molar-refractivity contribution >= 4 is 27.3 Å². The van der Waals surface area contributed by atoms with E-state index in [0.29, 0.717) is 0 Å². The van der Waals surface area contributed by atoms with E-state index in [1.165, 1.54) is 5.56 Å². The standard InChI is InChI=1S/C12H12BrNOS/c1-7-3-4-9(13)5-10(7)12-14-8(2)11(6-15)16-12/h3-5,15H,6H2,1-2H3. The molecule has 84 valence electrons. The number of aromatic nitrogens is 1. The van der Waals surface area contributed by atoms with E-state index in [9.17, 15) is 0 Å². The molecule has 2 aromatic rings. The summed E-state index contributed by atoms with van der Waals surface area (Å²) in [4.78, 5) is 5.43. The lowest BCUT2D eigenvalue weighted by Gasteiger charge is -2.02. The second-order valence-electron chi connectivity index (χ2n) is 3.64. The van der Waals surface area contributed by atoms with Gasteiger partial charge in [-0.1, -0.05) is 22.0 Å². The topological polar surface area (TPSA) is 33.1 Å². The van der Waals surface area contributed by atoms with Crippen LogP contribution in [0, 0.1) is 13.8 Å². The summed E-state index contributed by atoms with van der Waals surface area (Å²) in [5.74, 6) is 0. The number of rotatable bonds is 2. The first-order valence-electron chi connectivity index (χ1n) is 4.95. The Bertz CT molecular complexity index is 522. The lowest BCUT2D eigenvalue weighted by Crippen LogP contribution is -1.83. The van der Waals surface area contributed by atoms with E-state index in [0.717, 1.165) is 25.6 Å². The lowest BCUT2D eigenvalue weighted by atomic mass is 10.1. The number of thiazole rings is 1. The van der Waals surface area contributed by atoms with E-state index in [4.69, 9.17) is 5.11 Å². The minimum absolute atomic E-state index is 0.0660. The Labute approximate surface area is 107 Å². The van der Waals surface area contributed by atoms with Gasteiger partial charge in [0.05, 0.1) is 17.2 Å². The van der Waals surface area contributed by atoms with Crippen LogP contribution in [0.3, 0.4) is 0 Å². The molecule has 0 atom stereocenters. The Morgan fingerprint density at radius 3 is 2.75 bits per heavy atom. The van der Waals surface area contributed by atoms with Gasteiger partial charge >= 0.3 is 0 Å². The number of aliphatic hydroxyl groups is 1. The minimum atomic E-state index is 0.0660. The molecule has 1 heterocycles. The number of halogens is 1. The van der Waals surface area contributed by atoms with E-state index in [1.807, 2.05) is 13.0 Å². The van der Waals surface area contributed by atoms with Gasteiger partial charge < -0.3 is 5.11 Å². The van der Waals surface area contributed by atoms with Crippen LogP contribution in [0.1, 0.15) is 16.1 Å². The zero-order chi connectivity index (χ0) is 11.7. The molecule has 1 N–H and O–H groups in total. The number of hydrogen-bond acceptors (Lipinski definition) is 3. The summed E-state index contributed by atoms with van der Waals surface area (Å²) in [6, 6.07) is 6.15. The molecule has 0 saturated heterocycles. The second kappa shape index (κ2) is 4.65. The SMILES string of the molecule is Cc1ccc(Br)cc1-c1nc(C)c(CO)s1. The normalized spacial score (nSPS) is 10.8. The predicted octanol–water partition coefficient (Wildman–Crippen LogP) is 3.68. The molecule has 0 aliphatic heterocycles. The fourth-order valence-corrected chi connectivity index (χ4v) is 2.88. The van der Waals surface area contributed by atoms with Crippen molar-refractivity contribution in [3.63, 3.8) is 0 Å². The number of aryl methyl sites for hydroxylation is 2. The average Bonchev–Trinajstić information content (AvgIpc) is 2.63. The molecule has 4 heteroatoms. The maximum Gasteiger partial charge on any atom is 0.124 e. The van der Waals surface area contributed by atoms with E-state index in [2.05, 4.69) is 40.0 Å². The van der Waals surface area contributed by atoms with Crippen LogP contribution in [0.15, 0.2) is 22.7 Å². The van der Waals surface area contributed by atoms with Crippen LogP contribution in [0.25, 0.3) is 10.6 Å². The summed E-state index contributed by atoms with van der Waals surface area (Å²) in [6.07, 6.45) is 0. The van der Waals surface area contributed by atoms with Gasteiger partial charge in [-0.3, -0.25) is 0 Å². The monoisotopic (exact) mass is 297 g/mol. The number of benzene rings is 1. The van der Waals surface area contributed by atoms with E-state index >= 15 is 0 Å². The van der Waals surface area contributed by atoms with Crippen molar-refractivity contribution in [3.05, 3.63) is 38.8 Å². The van der Waals surface area contributed by atoms with Gasteiger partial charge in [0.2, 0.25) is 0 Å². The first-order valence-corrected chi connectivity index (χ1v) is 6.56. The van der Waals surface area contributed by atoms with Gasteiger partial charge in [-0.2, -0.15) is 0 Å². The van der Waals surface area contributed by atoms with Crippen LogP contribution in [-0.4, -0.2) is 10.1 Å². The maximum atomic E-state index is 9.16. The zero-order valence-electron chi connectivity index (χ0n) is 9.12. The van der Waals surface area contributed by atoms with Crippen molar-refractivity contribution in [2.24, 2.45) is 0 Å². The molecule has 0 aliphatic rings. The Hall–Kier alpha value is -0.710. The predicted molar refractivity (Wildman–Crippen MR) is 70.6 cm³/mol. The van der Waals surface area contributed by atoms with E-state index in [1.54, 1.807) is 11.3 Å². The Kier molecular flexibility index (Phi) is 3.42. The summed E-state index contributed by atoms with van der Waals surface area (Å²) in [5, 5.41) is 10.1.